The standard InChI is InChI=1S/C13H18N2O7/c1-5-3-15(13(20)14-12(5)19)8-2-6-11(22-8)10(18)9(17)7(4-16)21-6/h3,6-11,16-18H,2,4H2,1H3,(H,14,19,20)/t6-,7-,8-,9+,10+,11+/m1/s1. The van der Waals surface area contributed by atoms with Gasteiger partial charge in [-0.3, -0.25) is 14.3 Å². The lowest BCUT2D eigenvalue weighted by molar-refractivity contribution is -0.220. The van der Waals surface area contributed by atoms with E-state index in [-0.39, 0.29) is 6.42 Å². The average molecular weight is 314 g/mol. The van der Waals surface area contributed by atoms with Crippen LogP contribution < -0.4 is 11.2 Å². The number of aryl methyl sites for hydroxylation is 1. The first kappa shape index (κ1) is 15.4. The van der Waals surface area contributed by atoms with Crippen LogP contribution in [-0.2, 0) is 9.47 Å². The summed E-state index contributed by atoms with van der Waals surface area (Å²) in [5.74, 6) is 0. The third-order valence-corrected chi connectivity index (χ3v) is 4.17. The van der Waals surface area contributed by atoms with Gasteiger partial charge in [-0.25, -0.2) is 4.79 Å². The topological polar surface area (TPSA) is 134 Å². The summed E-state index contributed by atoms with van der Waals surface area (Å²) in [6, 6.07) is 0. The first-order valence-corrected chi connectivity index (χ1v) is 7.02. The molecular formula is C13H18N2O7. The van der Waals surface area contributed by atoms with Crippen LogP contribution in [0.3, 0.4) is 0 Å². The molecule has 2 aliphatic rings. The van der Waals surface area contributed by atoms with E-state index in [9.17, 15) is 19.8 Å². The Morgan fingerprint density at radius 3 is 2.73 bits per heavy atom. The summed E-state index contributed by atoms with van der Waals surface area (Å²) in [5, 5.41) is 29.1. The molecule has 2 saturated heterocycles. The molecule has 0 amide bonds. The summed E-state index contributed by atoms with van der Waals surface area (Å²) in [6.45, 7) is 1.14. The molecule has 0 saturated carbocycles. The van der Waals surface area contributed by atoms with Crippen LogP contribution in [-0.4, -0.2) is 62.0 Å². The van der Waals surface area contributed by atoms with Crippen LogP contribution in [0.15, 0.2) is 15.8 Å². The molecule has 4 N–H and O–H groups in total. The zero-order valence-electron chi connectivity index (χ0n) is 11.9. The number of H-pyrrole nitrogens is 1. The normalized spacial score (nSPS) is 38.0. The van der Waals surface area contributed by atoms with Crippen LogP contribution in [0, 0.1) is 6.92 Å². The zero-order valence-corrected chi connectivity index (χ0v) is 11.9. The van der Waals surface area contributed by atoms with Gasteiger partial charge in [-0.15, -0.1) is 0 Å². The number of nitrogens with one attached hydrogen (secondary N) is 1. The molecule has 0 unspecified atom stereocenters. The number of aromatic nitrogens is 2. The predicted molar refractivity (Wildman–Crippen MR) is 72.3 cm³/mol. The van der Waals surface area contributed by atoms with Crippen LogP contribution >= 0.6 is 0 Å². The molecule has 22 heavy (non-hydrogen) atoms. The van der Waals surface area contributed by atoms with Crippen LogP contribution in [0.4, 0.5) is 0 Å². The zero-order chi connectivity index (χ0) is 16.0. The molecule has 9 nitrogen and oxygen atoms in total. The number of nitrogens with zero attached hydrogens (tertiary/aromatic N) is 1. The second-order valence-corrected chi connectivity index (χ2v) is 5.65. The van der Waals surface area contributed by atoms with Crippen LogP contribution in [0.2, 0.25) is 0 Å². The average Bonchev–Trinajstić information content (AvgIpc) is 2.90. The Labute approximate surface area is 124 Å². The van der Waals surface area contributed by atoms with E-state index >= 15 is 0 Å². The number of hydrogen-bond acceptors (Lipinski definition) is 7. The maximum absolute atomic E-state index is 11.9. The molecular weight excluding hydrogens is 296 g/mol. The molecule has 0 spiro atoms. The lowest BCUT2D eigenvalue weighted by Crippen LogP contribution is -2.57. The summed E-state index contributed by atoms with van der Waals surface area (Å²) in [7, 11) is 0. The fourth-order valence-electron chi connectivity index (χ4n) is 2.94. The van der Waals surface area contributed by atoms with E-state index in [4.69, 9.17) is 14.6 Å². The minimum Gasteiger partial charge on any atom is -0.394 e. The van der Waals surface area contributed by atoms with Crippen LogP contribution in [0.25, 0.3) is 0 Å². The third kappa shape index (κ3) is 2.40. The van der Waals surface area contributed by atoms with Crippen molar-refractivity contribution in [1.29, 1.82) is 0 Å². The molecule has 9 heteroatoms. The Balaban J connectivity index is 1.87. The maximum atomic E-state index is 11.9. The number of rotatable bonds is 2. The van der Waals surface area contributed by atoms with Gasteiger partial charge in [0.05, 0.1) is 12.7 Å². The molecule has 3 heterocycles. The quantitative estimate of drug-likeness (QED) is 0.478. The van der Waals surface area contributed by atoms with Crippen molar-refractivity contribution < 1.29 is 24.8 Å². The first-order valence-electron chi connectivity index (χ1n) is 7.02. The minimum atomic E-state index is -1.26. The molecule has 1 aromatic rings. The van der Waals surface area contributed by atoms with Crippen LogP contribution in [0.1, 0.15) is 18.2 Å². The molecule has 2 fully saturated rings. The first-order chi connectivity index (χ1) is 10.4. The SMILES string of the molecule is Cc1cn([C@H]2C[C@H]3O[C@H](CO)[C@H](O)[C@H](O)[C@H]3O2)c(=O)[nH]c1=O. The highest BCUT2D eigenvalue weighted by atomic mass is 16.6. The second kappa shape index (κ2) is 5.60. The fourth-order valence-corrected chi connectivity index (χ4v) is 2.94. The van der Waals surface area contributed by atoms with Gasteiger partial charge < -0.3 is 24.8 Å². The Hall–Kier alpha value is -1.52. The smallest absolute Gasteiger partial charge is 0.330 e. The van der Waals surface area contributed by atoms with Crippen molar-refractivity contribution >= 4 is 0 Å². The Bertz CT molecular complexity index is 669. The van der Waals surface area contributed by atoms with Gasteiger partial charge in [0, 0.05) is 18.2 Å². The van der Waals surface area contributed by atoms with Gasteiger partial charge in [-0.1, -0.05) is 0 Å². The van der Waals surface area contributed by atoms with E-state index in [1.807, 2.05) is 0 Å². The Kier molecular flexibility index (Phi) is 3.91. The van der Waals surface area contributed by atoms with E-state index in [1.165, 1.54) is 10.8 Å². The molecule has 0 bridgehead atoms. The monoisotopic (exact) mass is 314 g/mol. The van der Waals surface area contributed by atoms with Crippen molar-refractivity contribution in [1.82, 2.24) is 9.55 Å². The highest BCUT2D eigenvalue weighted by Crippen LogP contribution is 2.37. The minimum absolute atomic E-state index is 0.260. The van der Waals surface area contributed by atoms with Gasteiger partial charge in [-0.2, -0.15) is 0 Å². The Morgan fingerprint density at radius 2 is 2.05 bits per heavy atom. The number of hydrogen-bond donors (Lipinski definition) is 4. The number of ether oxygens (including phenoxy) is 2. The molecule has 6 atom stereocenters. The highest BCUT2D eigenvalue weighted by molar-refractivity contribution is 5.03. The summed E-state index contributed by atoms with van der Waals surface area (Å²) in [4.78, 5) is 25.5. The van der Waals surface area contributed by atoms with E-state index in [0.29, 0.717) is 5.56 Å². The van der Waals surface area contributed by atoms with E-state index in [0.717, 1.165) is 0 Å². The summed E-state index contributed by atoms with van der Waals surface area (Å²) in [6.07, 6.45) is -3.82. The highest BCUT2D eigenvalue weighted by Gasteiger charge is 2.50. The molecule has 122 valence electrons. The van der Waals surface area contributed by atoms with Crippen molar-refractivity contribution in [3.8, 4) is 0 Å². The molecule has 0 aromatic carbocycles. The van der Waals surface area contributed by atoms with Gasteiger partial charge in [0.25, 0.3) is 5.56 Å². The molecule has 0 radical (unpaired) electrons. The number of aromatic amines is 1. The molecule has 3 rings (SSSR count). The fraction of sp³-hybridized carbons (Fsp3) is 0.692. The Morgan fingerprint density at radius 1 is 1.32 bits per heavy atom. The maximum Gasteiger partial charge on any atom is 0.330 e. The third-order valence-electron chi connectivity index (χ3n) is 4.17. The van der Waals surface area contributed by atoms with Crippen molar-refractivity contribution in [2.75, 3.05) is 6.61 Å². The van der Waals surface area contributed by atoms with E-state index < -0.39 is 54.6 Å². The molecule has 2 aliphatic heterocycles. The van der Waals surface area contributed by atoms with Crippen molar-refractivity contribution in [3.63, 3.8) is 0 Å². The van der Waals surface area contributed by atoms with Gasteiger partial charge in [0.15, 0.2) is 0 Å². The summed E-state index contributed by atoms with van der Waals surface area (Å²) >= 11 is 0. The lowest BCUT2D eigenvalue weighted by Gasteiger charge is -2.38. The predicted octanol–water partition coefficient (Wildman–Crippen LogP) is -2.39. The van der Waals surface area contributed by atoms with Gasteiger partial charge in [0.1, 0.15) is 30.6 Å². The molecule has 0 aliphatic carbocycles. The summed E-state index contributed by atoms with van der Waals surface area (Å²) in [5.41, 5.74) is -0.732. The summed E-state index contributed by atoms with van der Waals surface area (Å²) < 4.78 is 12.4. The van der Waals surface area contributed by atoms with Gasteiger partial charge in [-0.05, 0) is 6.92 Å². The van der Waals surface area contributed by atoms with Gasteiger partial charge >= 0.3 is 5.69 Å². The van der Waals surface area contributed by atoms with Gasteiger partial charge in [0.2, 0.25) is 0 Å². The number of fused-ring (bicyclic) bond motifs is 1. The second-order valence-electron chi connectivity index (χ2n) is 5.65. The largest absolute Gasteiger partial charge is 0.394 e. The van der Waals surface area contributed by atoms with E-state index in [1.54, 1.807) is 6.92 Å². The van der Waals surface area contributed by atoms with E-state index in [2.05, 4.69) is 4.98 Å². The lowest BCUT2D eigenvalue weighted by atomic mass is 9.95. The number of aliphatic hydroxyl groups excluding tert-OH is 3. The van der Waals surface area contributed by atoms with Crippen molar-refractivity contribution in [3.05, 3.63) is 32.6 Å². The van der Waals surface area contributed by atoms with Crippen LogP contribution in [0.5, 0.6) is 0 Å². The van der Waals surface area contributed by atoms with Crippen molar-refractivity contribution in [2.24, 2.45) is 0 Å². The number of aliphatic hydroxyl groups is 3. The molecule has 1 aromatic heterocycles. The van der Waals surface area contributed by atoms with Crippen molar-refractivity contribution in [2.45, 2.75) is 50.1 Å².